The fraction of sp³-hybridized carbons (Fsp3) is 1.00. The monoisotopic (exact) mass is 245 g/mol. The normalized spacial score (nSPS) is 23.2. The molecule has 0 heterocycles. The molecule has 0 aromatic carbocycles. The molecule has 0 radical (unpaired) electrons. The van der Waals surface area contributed by atoms with Crippen molar-refractivity contribution in [3.05, 3.63) is 0 Å². The van der Waals surface area contributed by atoms with Crippen LogP contribution in [-0.2, 0) is 0 Å². The van der Waals surface area contributed by atoms with Crippen LogP contribution in [0.1, 0.15) is 46.5 Å². The summed E-state index contributed by atoms with van der Waals surface area (Å²) in [5.74, 6) is 2.01. The van der Waals surface area contributed by atoms with E-state index in [-0.39, 0.29) is 6.10 Å². The molecule has 0 amide bonds. The van der Waals surface area contributed by atoms with Crippen LogP contribution in [0.15, 0.2) is 0 Å². The van der Waals surface area contributed by atoms with E-state index in [2.05, 4.69) is 19.2 Å². The van der Waals surface area contributed by atoms with Crippen molar-refractivity contribution in [3.63, 3.8) is 0 Å². The molecule has 3 atom stereocenters. The van der Waals surface area contributed by atoms with Crippen LogP contribution in [0.3, 0.4) is 0 Å². The lowest BCUT2D eigenvalue weighted by Gasteiger charge is -2.26. The zero-order valence-corrected chi connectivity index (χ0v) is 11.7. The van der Waals surface area contributed by atoms with Crippen molar-refractivity contribution in [1.82, 2.24) is 5.32 Å². The second-order valence-electron chi connectivity index (χ2n) is 4.99. The molecule has 0 aromatic rings. The van der Waals surface area contributed by atoms with Crippen LogP contribution in [0, 0.1) is 5.92 Å². The zero-order valence-electron chi connectivity index (χ0n) is 10.9. The molecule has 0 aliphatic heterocycles. The molecule has 0 aromatic heterocycles. The third-order valence-corrected chi connectivity index (χ3v) is 5.12. The highest BCUT2D eigenvalue weighted by atomic mass is 32.2. The predicted molar refractivity (Wildman–Crippen MR) is 73.0 cm³/mol. The van der Waals surface area contributed by atoms with Crippen LogP contribution in [0.25, 0.3) is 0 Å². The summed E-state index contributed by atoms with van der Waals surface area (Å²) in [6.45, 7) is 7.25. The van der Waals surface area contributed by atoms with Crippen molar-refractivity contribution in [2.24, 2.45) is 5.92 Å². The van der Waals surface area contributed by atoms with Crippen LogP contribution >= 0.6 is 11.8 Å². The van der Waals surface area contributed by atoms with Gasteiger partial charge in [0.2, 0.25) is 0 Å². The summed E-state index contributed by atoms with van der Waals surface area (Å²) in [4.78, 5) is 0. The Morgan fingerprint density at radius 3 is 2.44 bits per heavy atom. The van der Waals surface area contributed by atoms with Gasteiger partial charge in [-0.15, -0.1) is 0 Å². The van der Waals surface area contributed by atoms with E-state index in [9.17, 15) is 5.11 Å². The number of aliphatic hydroxyl groups excluding tert-OH is 1. The zero-order chi connectivity index (χ0) is 12.0. The minimum absolute atomic E-state index is 0.198. The molecule has 1 aliphatic carbocycles. The first-order valence-electron chi connectivity index (χ1n) is 6.68. The molecule has 0 spiro atoms. The van der Waals surface area contributed by atoms with Crippen molar-refractivity contribution < 1.29 is 5.11 Å². The summed E-state index contributed by atoms with van der Waals surface area (Å²) in [6.07, 6.45) is 5.39. The first kappa shape index (κ1) is 14.3. The van der Waals surface area contributed by atoms with Gasteiger partial charge in [0.25, 0.3) is 0 Å². The third-order valence-electron chi connectivity index (χ3n) is 3.65. The Balaban J connectivity index is 2.32. The first-order chi connectivity index (χ1) is 7.65. The molecule has 3 unspecified atom stereocenters. The fourth-order valence-corrected chi connectivity index (χ4v) is 3.56. The number of thioether (sulfide) groups is 1. The van der Waals surface area contributed by atoms with E-state index in [1.54, 1.807) is 0 Å². The van der Waals surface area contributed by atoms with Crippen LogP contribution in [0.4, 0.5) is 0 Å². The summed E-state index contributed by atoms with van der Waals surface area (Å²) >= 11 is 1.91. The van der Waals surface area contributed by atoms with E-state index in [4.69, 9.17) is 0 Å². The maximum atomic E-state index is 9.49. The predicted octanol–water partition coefficient (Wildman–Crippen LogP) is 2.66. The molecule has 1 aliphatic rings. The molecule has 3 heteroatoms. The lowest BCUT2D eigenvalue weighted by molar-refractivity contribution is 0.196. The molecule has 2 nitrogen and oxygen atoms in total. The largest absolute Gasteiger partial charge is 0.392 e. The van der Waals surface area contributed by atoms with Gasteiger partial charge in [-0.1, -0.05) is 26.7 Å². The summed E-state index contributed by atoms with van der Waals surface area (Å²) < 4.78 is 0. The highest BCUT2D eigenvalue weighted by Gasteiger charge is 2.25. The van der Waals surface area contributed by atoms with Gasteiger partial charge in [0, 0.05) is 17.0 Å². The van der Waals surface area contributed by atoms with Gasteiger partial charge in [0.15, 0.2) is 0 Å². The second-order valence-corrected chi connectivity index (χ2v) is 6.40. The second kappa shape index (κ2) is 7.57. The Hall–Kier alpha value is 0.270. The van der Waals surface area contributed by atoms with Gasteiger partial charge in [-0.05, 0) is 32.2 Å². The number of hydrogen-bond donors (Lipinski definition) is 2. The molecule has 16 heavy (non-hydrogen) atoms. The highest BCUT2D eigenvalue weighted by Crippen LogP contribution is 2.30. The molecule has 96 valence electrons. The molecule has 1 fully saturated rings. The summed E-state index contributed by atoms with van der Waals surface area (Å²) in [7, 11) is 0. The van der Waals surface area contributed by atoms with Gasteiger partial charge < -0.3 is 10.4 Å². The van der Waals surface area contributed by atoms with Crippen molar-refractivity contribution >= 4 is 11.8 Å². The van der Waals surface area contributed by atoms with Crippen molar-refractivity contribution in [3.8, 4) is 0 Å². The van der Waals surface area contributed by atoms with Gasteiger partial charge in [0.1, 0.15) is 0 Å². The standard InChI is InChI=1S/C13H27NOS/c1-4-14-13(12-7-5-6-8-12)9-16-11(3)10(2)15/h10-15H,4-9H2,1-3H3. The first-order valence-corrected chi connectivity index (χ1v) is 7.73. The van der Waals surface area contributed by atoms with Crippen LogP contribution in [0.5, 0.6) is 0 Å². The Bertz CT molecular complexity index is 181. The van der Waals surface area contributed by atoms with Gasteiger partial charge in [0.05, 0.1) is 6.10 Å². The molecule has 0 saturated heterocycles. The van der Waals surface area contributed by atoms with Crippen LogP contribution in [-0.4, -0.2) is 34.8 Å². The minimum atomic E-state index is -0.198. The van der Waals surface area contributed by atoms with Crippen molar-refractivity contribution in [2.45, 2.75) is 63.9 Å². The lowest BCUT2D eigenvalue weighted by atomic mass is 10.00. The molecule has 1 rings (SSSR count). The average Bonchev–Trinajstić information content (AvgIpc) is 2.76. The maximum absolute atomic E-state index is 9.49. The average molecular weight is 245 g/mol. The van der Waals surface area contributed by atoms with E-state index in [1.807, 2.05) is 18.7 Å². The fourth-order valence-electron chi connectivity index (χ4n) is 2.38. The lowest BCUT2D eigenvalue weighted by Crippen LogP contribution is -2.38. The molecule has 0 bridgehead atoms. The number of hydrogen-bond acceptors (Lipinski definition) is 3. The SMILES string of the molecule is CCNC(CSC(C)C(C)O)C1CCCC1. The number of rotatable bonds is 7. The molecule has 1 saturated carbocycles. The van der Waals surface area contributed by atoms with Gasteiger partial charge in [-0.3, -0.25) is 0 Å². The van der Waals surface area contributed by atoms with Crippen molar-refractivity contribution in [1.29, 1.82) is 0 Å². The van der Waals surface area contributed by atoms with E-state index >= 15 is 0 Å². The van der Waals surface area contributed by atoms with E-state index < -0.39 is 0 Å². The molecular formula is C13H27NOS. The molecular weight excluding hydrogens is 218 g/mol. The Morgan fingerprint density at radius 2 is 1.94 bits per heavy atom. The number of nitrogens with one attached hydrogen (secondary N) is 1. The van der Waals surface area contributed by atoms with Crippen LogP contribution in [0.2, 0.25) is 0 Å². The quantitative estimate of drug-likeness (QED) is 0.723. The Kier molecular flexibility index (Phi) is 6.78. The van der Waals surface area contributed by atoms with Gasteiger partial charge in [-0.2, -0.15) is 11.8 Å². The third kappa shape index (κ3) is 4.64. The minimum Gasteiger partial charge on any atom is -0.392 e. The maximum Gasteiger partial charge on any atom is 0.0628 e. The van der Waals surface area contributed by atoms with Gasteiger partial charge >= 0.3 is 0 Å². The van der Waals surface area contributed by atoms with E-state index in [0.717, 1.165) is 18.2 Å². The van der Waals surface area contributed by atoms with Crippen LogP contribution < -0.4 is 5.32 Å². The van der Waals surface area contributed by atoms with E-state index in [0.29, 0.717) is 11.3 Å². The summed E-state index contributed by atoms with van der Waals surface area (Å²) in [5.41, 5.74) is 0. The Morgan fingerprint density at radius 1 is 1.31 bits per heavy atom. The summed E-state index contributed by atoms with van der Waals surface area (Å²) in [6, 6.07) is 0.652. The Labute approximate surface area is 105 Å². The van der Waals surface area contributed by atoms with Crippen molar-refractivity contribution in [2.75, 3.05) is 12.3 Å². The van der Waals surface area contributed by atoms with Gasteiger partial charge in [-0.25, -0.2) is 0 Å². The summed E-state index contributed by atoms with van der Waals surface area (Å²) in [5, 5.41) is 13.5. The topological polar surface area (TPSA) is 32.3 Å². The van der Waals surface area contributed by atoms with E-state index in [1.165, 1.54) is 25.7 Å². The highest BCUT2D eigenvalue weighted by molar-refractivity contribution is 7.99. The molecule has 2 N–H and O–H groups in total. The number of aliphatic hydroxyl groups is 1. The smallest absolute Gasteiger partial charge is 0.0628 e.